The number of aromatic amines is 2. The van der Waals surface area contributed by atoms with Crippen LogP contribution in [-0.4, -0.2) is 85.4 Å². The number of hydrogen-bond acceptors (Lipinski definition) is 8. The van der Waals surface area contributed by atoms with E-state index in [1.54, 1.807) is 16.7 Å². The summed E-state index contributed by atoms with van der Waals surface area (Å²) in [5.41, 5.74) is 5.44. The van der Waals surface area contributed by atoms with E-state index in [2.05, 4.69) is 80.9 Å². The second-order valence-corrected chi connectivity index (χ2v) is 16.4. The Morgan fingerprint density at radius 3 is 2.13 bits per heavy atom. The second-order valence-electron chi connectivity index (χ2n) is 15.2. The lowest BCUT2D eigenvalue weighted by molar-refractivity contribution is -0.135. The number of fused-ring (bicyclic) bond motifs is 1. The lowest BCUT2D eigenvalue weighted by Crippen LogP contribution is -2.51. The zero-order chi connectivity index (χ0) is 38.1. The molecule has 0 unspecified atom stereocenters. The average molecular weight is 750 g/mol. The lowest BCUT2D eigenvalue weighted by atomic mass is 9.98. The van der Waals surface area contributed by atoms with Crippen LogP contribution in [0.3, 0.4) is 0 Å². The molecular weight excluding hydrogens is 703 g/mol. The van der Waals surface area contributed by atoms with E-state index in [-0.39, 0.29) is 29.3 Å². The molecule has 0 spiro atoms. The highest BCUT2D eigenvalue weighted by molar-refractivity contribution is 7.99. The molecule has 2 fully saturated rings. The van der Waals surface area contributed by atoms with E-state index in [4.69, 9.17) is 14.5 Å². The van der Waals surface area contributed by atoms with Crippen LogP contribution in [0.4, 0.5) is 9.59 Å². The van der Waals surface area contributed by atoms with Crippen molar-refractivity contribution >= 4 is 40.6 Å². The highest BCUT2D eigenvalue weighted by Crippen LogP contribution is 2.39. The molecule has 3 aromatic carbocycles. The number of imidazole rings is 2. The topological polar surface area (TPSA) is 146 Å². The molecule has 7 rings (SSSR count). The Morgan fingerprint density at radius 1 is 0.833 bits per heavy atom. The predicted molar refractivity (Wildman–Crippen MR) is 211 cm³/mol. The van der Waals surface area contributed by atoms with Gasteiger partial charge in [-0.15, -0.1) is 11.8 Å². The highest BCUT2D eigenvalue weighted by Gasteiger charge is 2.38. The number of methoxy groups -OCH3 is 1. The largest absolute Gasteiger partial charge is 0.453 e. The third kappa shape index (κ3) is 7.82. The van der Waals surface area contributed by atoms with Gasteiger partial charge in [0.25, 0.3) is 0 Å². The normalized spacial score (nSPS) is 18.0. The maximum atomic E-state index is 13.6. The second kappa shape index (κ2) is 15.2. The minimum Gasteiger partial charge on any atom is -0.453 e. The quantitative estimate of drug-likeness (QED) is 0.144. The highest BCUT2D eigenvalue weighted by atomic mass is 32.2. The fourth-order valence-corrected chi connectivity index (χ4v) is 8.27. The maximum Gasteiger partial charge on any atom is 0.411 e. The Labute approximate surface area is 319 Å². The van der Waals surface area contributed by atoms with Crippen molar-refractivity contribution in [2.45, 2.75) is 70.5 Å². The van der Waals surface area contributed by atoms with Gasteiger partial charge in [-0.1, -0.05) is 62.4 Å². The summed E-state index contributed by atoms with van der Waals surface area (Å²) in [6.07, 6.45) is 4.36. The van der Waals surface area contributed by atoms with E-state index in [9.17, 15) is 14.4 Å². The molecule has 282 valence electrons. The summed E-state index contributed by atoms with van der Waals surface area (Å²) < 4.78 is 10.4. The van der Waals surface area contributed by atoms with Crippen LogP contribution in [0.1, 0.15) is 70.5 Å². The van der Waals surface area contributed by atoms with Gasteiger partial charge >= 0.3 is 12.2 Å². The number of alkyl carbamates (subject to hydrolysis) is 1. The number of amides is 3. The van der Waals surface area contributed by atoms with Crippen LogP contribution in [0.2, 0.25) is 0 Å². The summed E-state index contributed by atoms with van der Waals surface area (Å²) in [6, 6.07) is 20.3. The smallest absolute Gasteiger partial charge is 0.411 e. The molecule has 2 saturated heterocycles. The first-order chi connectivity index (χ1) is 25.9. The number of H-pyrrole nitrogens is 2. The molecule has 3 amide bonds. The number of carbonyl (C=O) groups is 3. The van der Waals surface area contributed by atoms with Crippen molar-refractivity contribution in [3.05, 3.63) is 84.7 Å². The van der Waals surface area contributed by atoms with Gasteiger partial charge < -0.3 is 29.7 Å². The number of ether oxygens (including phenoxy) is 2. The van der Waals surface area contributed by atoms with Crippen molar-refractivity contribution in [3.8, 4) is 33.6 Å². The summed E-state index contributed by atoms with van der Waals surface area (Å²) in [5, 5.41) is 4.71. The molecule has 12 nitrogen and oxygen atoms in total. The van der Waals surface area contributed by atoms with E-state index in [1.165, 1.54) is 7.11 Å². The molecule has 0 radical (unpaired) electrons. The number of likely N-dealkylation sites (tertiary alicyclic amines) is 1. The van der Waals surface area contributed by atoms with Crippen molar-refractivity contribution < 1.29 is 23.9 Å². The molecule has 3 N–H and O–H groups in total. The van der Waals surface area contributed by atoms with Crippen molar-refractivity contribution in [2.75, 3.05) is 26.0 Å². The summed E-state index contributed by atoms with van der Waals surface area (Å²) in [5.74, 6) is 2.08. The molecule has 0 bridgehead atoms. The molecule has 5 aromatic rings. The molecule has 2 aliphatic rings. The predicted octanol–water partition coefficient (Wildman–Crippen LogP) is 8.31. The summed E-state index contributed by atoms with van der Waals surface area (Å²) >= 11 is 1.68. The number of nitrogens with one attached hydrogen (secondary N) is 3. The monoisotopic (exact) mass is 749 g/mol. The van der Waals surface area contributed by atoms with Crippen LogP contribution in [0.25, 0.3) is 44.4 Å². The number of thioether (sulfide) groups is 1. The first kappa shape index (κ1) is 37.0. The Kier molecular flexibility index (Phi) is 10.4. The number of nitrogens with zero attached hydrogens (tertiary/aromatic N) is 4. The molecule has 0 aliphatic carbocycles. The summed E-state index contributed by atoms with van der Waals surface area (Å²) in [6.45, 7) is 10.7. The van der Waals surface area contributed by atoms with Gasteiger partial charge in [0.1, 0.15) is 28.7 Å². The van der Waals surface area contributed by atoms with Gasteiger partial charge in [-0.05, 0) is 79.1 Å². The van der Waals surface area contributed by atoms with Gasteiger partial charge in [0, 0.05) is 24.4 Å². The molecule has 54 heavy (non-hydrogen) atoms. The standard InChI is InChI=1S/C41H47N7O5S/c1-24(2)34(46-39(50)52-6)37(49)47-17-7-8-33(47)35-42-23-32(44-35)30-16-15-28-20-27(13-14-29(28)21-30)25-9-11-26(12-10-25)31-22-43-36(45-31)38-48(18-19-54-38)40(51)53-41(3,4)5/h9-16,20-24,33-34,38H,7-8,17-19H2,1-6H3,(H,42,44)(H,43,45)(H,46,50)/t33-,34-,38-/m0/s1. The molecule has 2 aromatic heterocycles. The van der Waals surface area contributed by atoms with Crippen LogP contribution >= 0.6 is 11.8 Å². The Bertz CT molecular complexity index is 2150. The van der Waals surface area contributed by atoms with Crippen LogP contribution in [0, 0.1) is 5.92 Å². The minimum absolute atomic E-state index is 0.0970. The summed E-state index contributed by atoms with van der Waals surface area (Å²) in [4.78, 5) is 58.1. The van der Waals surface area contributed by atoms with Crippen LogP contribution < -0.4 is 5.32 Å². The number of hydrogen-bond donors (Lipinski definition) is 3. The zero-order valence-corrected chi connectivity index (χ0v) is 32.3. The van der Waals surface area contributed by atoms with Crippen molar-refractivity contribution in [2.24, 2.45) is 5.92 Å². The first-order valence-corrected chi connectivity index (χ1v) is 19.4. The Hall–Kier alpha value is -5.30. The molecule has 2 aliphatic heterocycles. The number of benzene rings is 3. The Balaban J connectivity index is 1.03. The SMILES string of the molecule is COC(=O)N[C@H](C(=O)N1CCC[C@H]1c1ncc(-c2ccc3cc(-c4ccc(-c5cnc([C@@H]6SCCN6C(=O)OC(C)(C)C)[nH]5)cc4)ccc3c2)[nH]1)C(C)C. The van der Waals surface area contributed by atoms with Crippen molar-refractivity contribution in [1.29, 1.82) is 0 Å². The fraction of sp³-hybridized carbons (Fsp3) is 0.390. The third-order valence-electron chi connectivity index (χ3n) is 9.87. The van der Waals surface area contributed by atoms with Gasteiger partial charge in [-0.3, -0.25) is 9.69 Å². The van der Waals surface area contributed by atoms with Gasteiger partial charge in [-0.2, -0.15) is 0 Å². The van der Waals surface area contributed by atoms with Gasteiger partial charge in [0.05, 0.1) is 36.9 Å². The van der Waals surface area contributed by atoms with Crippen LogP contribution in [0.15, 0.2) is 73.1 Å². The van der Waals surface area contributed by atoms with E-state index in [0.717, 1.165) is 74.7 Å². The van der Waals surface area contributed by atoms with E-state index in [1.807, 2.05) is 51.9 Å². The van der Waals surface area contributed by atoms with Crippen molar-refractivity contribution in [1.82, 2.24) is 35.1 Å². The lowest BCUT2D eigenvalue weighted by Gasteiger charge is -2.30. The average Bonchev–Trinajstić information content (AvgIpc) is 3.98. The van der Waals surface area contributed by atoms with Crippen LogP contribution in [0.5, 0.6) is 0 Å². The third-order valence-corrected chi connectivity index (χ3v) is 11.1. The van der Waals surface area contributed by atoms with Crippen molar-refractivity contribution in [3.63, 3.8) is 0 Å². The van der Waals surface area contributed by atoms with Gasteiger partial charge in [0.15, 0.2) is 0 Å². The fourth-order valence-electron chi connectivity index (χ4n) is 7.09. The first-order valence-electron chi connectivity index (χ1n) is 18.4. The van der Waals surface area contributed by atoms with Gasteiger partial charge in [0.2, 0.25) is 5.91 Å². The molecule has 13 heteroatoms. The molecule has 4 heterocycles. The van der Waals surface area contributed by atoms with Crippen LogP contribution in [-0.2, 0) is 14.3 Å². The number of rotatable bonds is 8. The van der Waals surface area contributed by atoms with E-state index < -0.39 is 17.7 Å². The maximum absolute atomic E-state index is 13.6. The van der Waals surface area contributed by atoms with E-state index >= 15 is 0 Å². The Morgan fingerprint density at radius 2 is 1.44 bits per heavy atom. The number of carbonyl (C=O) groups excluding carboxylic acids is 3. The number of aromatic nitrogens is 4. The minimum atomic E-state index is -0.679. The zero-order valence-electron chi connectivity index (χ0n) is 31.5. The molecule has 0 saturated carbocycles. The molecule has 3 atom stereocenters. The van der Waals surface area contributed by atoms with Gasteiger partial charge in [-0.25, -0.2) is 19.6 Å². The molecular formula is C41H47N7O5S. The van der Waals surface area contributed by atoms with E-state index in [0.29, 0.717) is 13.1 Å². The summed E-state index contributed by atoms with van der Waals surface area (Å²) in [7, 11) is 1.30.